The van der Waals surface area contributed by atoms with Gasteiger partial charge in [-0.3, -0.25) is 0 Å². The summed E-state index contributed by atoms with van der Waals surface area (Å²) in [6.07, 6.45) is 3.43. The molecular weight excluding hydrogens is 262 g/mol. The molecule has 5 heteroatoms. The van der Waals surface area contributed by atoms with E-state index in [0.29, 0.717) is 17.6 Å². The van der Waals surface area contributed by atoms with Gasteiger partial charge in [0.2, 0.25) is 5.88 Å². The third-order valence-corrected chi connectivity index (χ3v) is 2.92. The second kappa shape index (κ2) is 6.95. The summed E-state index contributed by atoms with van der Waals surface area (Å²) in [6, 6.07) is 9.97. The summed E-state index contributed by atoms with van der Waals surface area (Å²) in [5.41, 5.74) is 2.25. The Morgan fingerprint density at radius 1 is 1.26 bits per heavy atom. The Balaban J connectivity index is 2.09. The first-order valence-corrected chi connectivity index (χ1v) is 6.63. The van der Waals surface area contributed by atoms with E-state index in [9.17, 15) is 0 Å². The Labute approximate surface area is 117 Å². The van der Waals surface area contributed by atoms with E-state index in [1.165, 1.54) is 11.9 Å². The number of hydrogen-bond donors (Lipinski definition) is 1. The highest BCUT2D eigenvalue weighted by Crippen LogP contribution is 2.18. The molecule has 2 rings (SSSR count). The second-order valence-electron chi connectivity index (χ2n) is 4.06. The minimum atomic E-state index is 0.538. The molecule has 0 saturated carbocycles. The smallest absolute Gasteiger partial charge is 0.218 e. The molecule has 0 fully saturated rings. The van der Waals surface area contributed by atoms with Gasteiger partial charge >= 0.3 is 0 Å². The van der Waals surface area contributed by atoms with E-state index in [-0.39, 0.29) is 0 Å². The van der Waals surface area contributed by atoms with Gasteiger partial charge in [0, 0.05) is 17.6 Å². The molecule has 2 aromatic rings. The van der Waals surface area contributed by atoms with Crippen LogP contribution >= 0.6 is 11.6 Å². The van der Waals surface area contributed by atoms with Crippen molar-refractivity contribution in [1.82, 2.24) is 9.97 Å². The first-order valence-electron chi connectivity index (χ1n) is 6.10. The standard InChI is InChI=1S/C14H16ClN3O/c1-19-14-9-13(16-10-17-14)18-12-6-2-4-11(8-12)5-3-7-15/h2,4,6,8-10H,3,5,7H2,1H3,(H,16,17,18). The summed E-state index contributed by atoms with van der Waals surface area (Å²) in [7, 11) is 1.58. The number of aromatic nitrogens is 2. The van der Waals surface area contributed by atoms with E-state index in [2.05, 4.69) is 27.4 Å². The van der Waals surface area contributed by atoms with Gasteiger partial charge in [-0.15, -0.1) is 11.6 Å². The van der Waals surface area contributed by atoms with E-state index in [4.69, 9.17) is 16.3 Å². The van der Waals surface area contributed by atoms with Crippen LogP contribution in [0.5, 0.6) is 5.88 Å². The van der Waals surface area contributed by atoms with Crippen LogP contribution in [0, 0.1) is 0 Å². The predicted molar refractivity (Wildman–Crippen MR) is 77.3 cm³/mol. The quantitative estimate of drug-likeness (QED) is 0.822. The van der Waals surface area contributed by atoms with Gasteiger partial charge in [-0.25, -0.2) is 9.97 Å². The molecule has 0 unspecified atom stereocenters. The third kappa shape index (κ3) is 4.10. The summed E-state index contributed by atoms with van der Waals surface area (Å²) < 4.78 is 5.06. The molecule has 0 aliphatic rings. The molecule has 0 aliphatic carbocycles. The van der Waals surface area contributed by atoms with E-state index in [1.807, 2.05) is 12.1 Å². The van der Waals surface area contributed by atoms with Crippen molar-refractivity contribution in [2.24, 2.45) is 0 Å². The molecule has 19 heavy (non-hydrogen) atoms. The zero-order valence-electron chi connectivity index (χ0n) is 10.8. The monoisotopic (exact) mass is 277 g/mol. The van der Waals surface area contributed by atoms with Crippen LogP contribution in [0.3, 0.4) is 0 Å². The molecule has 100 valence electrons. The molecule has 0 amide bonds. The van der Waals surface area contributed by atoms with Crippen LogP contribution in [0.2, 0.25) is 0 Å². The maximum absolute atomic E-state index is 5.71. The van der Waals surface area contributed by atoms with Crippen molar-refractivity contribution in [3.8, 4) is 5.88 Å². The van der Waals surface area contributed by atoms with Crippen molar-refractivity contribution in [3.05, 3.63) is 42.2 Å². The molecule has 4 nitrogen and oxygen atoms in total. The summed E-state index contributed by atoms with van der Waals surface area (Å²) in [4.78, 5) is 8.12. The van der Waals surface area contributed by atoms with Crippen molar-refractivity contribution in [2.45, 2.75) is 12.8 Å². The van der Waals surface area contributed by atoms with Crippen molar-refractivity contribution in [1.29, 1.82) is 0 Å². The number of rotatable bonds is 6. The van der Waals surface area contributed by atoms with Crippen LogP contribution in [0.1, 0.15) is 12.0 Å². The van der Waals surface area contributed by atoms with E-state index in [1.54, 1.807) is 13.2 Å². The highest BCUT2D eigenvalue weighted by atomic mass is 35.5. The average molecular weight is 278 g/mol. The minimum Gasteiger partial charge on any atom is -0.481 e. The Hall–Kier alpha value is -1.81. The lowest BCUT2D eigenvalue weighted by Crippen LogP contribution is -1.97. The number of nitrogens with zero attached hydrogens (tertiary/aromatic N) is 2. The number of hydrogen-bond acceptors (Lipinski definition) is 4. The largest absolute Gasteiger partial charge is 0.481 e. The van der Waals surface area contributed by atoms with Gasteiger partial charge in [0.1, 0.15) is 12.1 Å². The van der Waals surface area contributed by atoms with Crippen LogP contribution in [-0.4, -0.2) is 23.0 Å². The van der Waals surface area contributed by atoms with E-state index >= 15 is 0 Å². The molecule has 1 aromatic heterocycles. The van der Waals surface area contributed by atoms with Gasteiger partial charge in [0.25, 0.3) is 0 Å². The number of nitrogens with one attached hydrogen (secondary N) is 1. The molecule has 0 saturated heterocycles. The van der Waals surface area contributed by atoms with Crippen molar-refractivity contribution >= 4 is 23.1 Å². The number of alkyl halides is 1. The summed E-state index contributed by atoms with van der Waals surface area (Å²) in [6.45, 7) is 0. The lowest BCUT2D eigenvalue weighted by atomic mass is 10.1. The first kappa shape index (κ1) is 13.6. The Morgan fingerprint density at radius 2 is 2.16 bits per heavy atom. The fourth-order valence-corrected chi connectivity index (χ4v) is 1.88. The Morgan fingerprint density at radius 3 is 2.95 bits per heavy atom. The van der Waals surface area contributed by atoms with Crippen LogP contribution in [-0.2, 0) is 6.42 Å². The SMILES string of the molecule is COc1cc(Nc2cccc(CCCCl)c2)ncn1. The Bertz CT molecular complexity index is 534. The maximum atomic E-state index is 5.71. The minimum absolute atomic E-state index is 0.538. The fourth-order valence-electron chi connectivity index (χ4n) is 1.74. The lowest BCUT2D eigenvalue weighted by molar-refractivity contribution is 0.397. The number of benzene rings is 1. The number of halogens is 1. The maximum Gasteiger partial charge on any atom is 0.218 e. The van der Waals surface area contributed by atoms with Crippen LogP contribution in [0.4, 0.5) is 11.5 Å². The fraction of sp³-hybridized carbons (Fsp3) is 0.286. The Kier molecular flexibility index (Phi) is 4.98. The van der Waals surface area contributed by atoms with Crippen LogP contribution < -0.4 is 10.1 Å². The molecule has 0 atom stereocenters. The van der Waals surface area contributed by atoms with E-state index in [0.717, 1.165) is 18.5 Å². The number of anilines is 2. The van der Waals surface area contributed by atoms with Gasteiger partial charge in [0.15, 0.2) is 0 Å². The normalized spacial score (nSPS) is 10.2. The molecular formula is C14H16ClN3O. The third-order valence-electron chi connectivity index (χ3n) is 2.65. The van der Waals surface area contributed by atoms with Gasteiger partial charge in [0.05, 0.1) is 7.11 Å². The molecule has 0 spiro atoms. The number of ether oxygens (including phenoxy) is 1. The summed E-state index contributed by atoms with van der Waals surface area (Å²) >= 11 is 5.71. The molecule has 1 heterocycles. The summed E-state index contributed by atoms with van der Waals surface area (Å²) in [5, 5.41) is 3.23. The lowest BCUT2D eigenvalue weighted by Gasteiger charge is -2.08. The van der Waals surface area contributed by atoms with Crippen LogP contribution in [0.25, 0.3) is 0 Å². The van der Waals surface area contributed by atoms with Gasteiger partial charge in [-0.1, -0.05) is 12.1 Å². The van der Waals surface area contributed by atoms with Gasteiger partial charge in [-0.05, 0) is 30.5 Å². The topological polar surface area (TPSA) is 47.0 Å². The predicted octanol–water partition coefficient (Wildman–Crippen LogP) is 3.40. The molecule has 0 aliphatic heterocycles. The molecule has 1 aromatic carbocycles. The van der Waals surface area contributed by atoms with Crippen molar-refractivity contribution < 1.29 is 4.74 Å². The average Bonchev–Trinajstić information content (AvgIpc) is 2.46. The van der Waals surface area contributed by atoms with E-state index < -0.39 is 0 Å². The highest BCUT2D eigenvalue weighted by molar-refractivity contribution is 6.17. The number of methoxy groups -OCH3 is 1. The number of aryl methyl sites for hydroxylation is 1. The second-order valence-corrected chi connectivity index (χ2v) is 4.44. The zero-order chi connectivity index (χ0) is 13.5. The molecule has 0 radical (unpaired) electrons. The van der Waals surface area contributed by atoms with Gasteiger partial charge in [-0.2, -0.15) is 0 Å². The molecule has 0 bridgehead atoms. The van der Waals surface area contributed by atoms with Crippen molar-refractivity contribution in [2.75, 3.05) is 18.3 Å². The summed E-state index contributed by atoms with van der Waals surface area (Å²) in [5.74, 6) is 1.93. The van der Waals surface area contributed by atoms with Crippen molar-refractivity contribution in [3.63, 3.8) is 0 Å². The van der Waals surface area contributed by atoms with Crippen LogP contribution in [0.15, 0.2) is 36.7 Å². The molecule has 1 N–H and O–H groups in total. The zero-order valence-corrected chi connectivity index (χ0v) is 11.5. The first-order chi connectivity index (χ1) is 9.31. The highest BCUT2D eigenvalue weighted by Gasteiger charge is 2.00. The van der Waals surface area contributed by atoms with Gasteiger partial charge < -0.3 is 10.1 Å².